The molecule has 6 nitrogen and oxygen atoms in total. The lowest BCUT2D eigenvalue weighted by atomic mass is 9.90. The summed E-state index contributed by atoms with van der Waals surface area (Å²) < 4.78 is 32.5. The van der Waals surface area contributed by atoms with E-state index in [1.165, 1.54) is 4.31 Å². The summed E-state index contributed by atoms with van der Waals surface area (Å²) in [6, 6.07) is 25.8. The summed E-state index contributed by atoms with van der Waals surface area (Å²) in [6.07, 6.45) is 1.81. The van der Waals surface area contributed by atoms with Crippen LogP contribution < -0.4 is 10.1 Å². The average Bonchev–Trinajstić information content (AvgIpc) is 3.40. The Morgan fingerprint density at radius 3 is 1.94 bits per heavy atom. The van der Waals surface area contributed by atoms with E-state index in [1.54, 1.807) is 24.3 Å². The molecule has 1 saturated heterocycles. The van der Waals surface area contributed by atoms with Crippen LogP contribution in [0.5, 0.6) is 5.75 Å². The molecule has 1 heterocycles. The van der Waals surface area contributed by atoms with E-state index in [-0.39, 0.29) is 17.4 Å². The van der Waals surface area contributed by atoms with Crippen LogP contribution in [0.15, 0.2) is 89.8 Å². The molecule has 1 aliphatic heterocycles. The van der Waals surface area contributed by atoms with Crippen LogP contribution in [0.1, 0.15) is 29.9 Å². The van der Waals surface area contributed by atoms with Gasteiger partial charge in [0, 0.05) is 13.1 Å². The molecule has 0 aliphatic carbocycles. The highest BCUT2D eigenvalue weighted by molar-refractivity contribution is 7.89. The smallest absolute Gasteiger partial charge is 0.243 e. The maximum absolute atomic E-state index is 13.0. The highest BCUT2D eigenvalue weighted by Crippen LogP contribution is 2.25. The van der Waals surface area contributed by atoms with Crippen LogP contribution in [0.2, 0.25) is 0 Å². The first-order valence-electron chi connectivity index (χ1n) is 11.2. The molecule has 7 heteroatoms. The van der Waals surface area contributed by atoms with Gasteiger partial charge in [0.25, 0.3) is 0 Å². The summed E-state index contributed by atoms with van der Waals surface area (Å²) in [7, 11) is -3.43. The molecule has 0 saturated carbocycles. The number of ether oxygens (including phenoxy) is 1. The highest BCUT2D eigenvalue weighted by atomic mass is 32.2. The Bertz CT molecular complexity index is 1100. The molecule has 1 N–H and O–H groups in total. The van der Waals surface area contributed by atoms with Crippen molar-refractivity contribution in [3.05, 3.63) is 96.1 Å². The van der Waals surface area contributed by atoms with Crippen LogP contribution in [0.25, 0.3) is 0 Å². The summed E-state index contributed by atoms with van der Waals surface area (Å²) in [4.78, 5) is 13.3. The van der Waals surface area contributed by atoms with Crippen LogP contribution in [-0.2, 0) is 14.8 Å². The van der Waals surface area contributed by atoms with Gasteiger partial charge >= 0.3 is 0 Å². The Balaban J connectivity index is 1.33. The third-order valence-electron chi connectivity index (χ3n) is 5.72. The normalized spacial score (nSPS) is 14.3. The minimum atomic E-state index is -3.43. The highest BCUT2D eigenvalue weighted by Gasteiger charge is 2.27. The van der Waals surface area contributed by atoms with Gasteiger partial charge in [-0.1, -0.05) is 60.7 Å². The van der Waals surface area contributed by atoms with Crippen molar-refractivity contribution in [2.45, 2.75) is 23.7 Å². The maximum Gasteiger partial charge on any atom is 0.243 e. The molecule has 0 unspecified atom stereocenters. The Labute approximate surface area is 195 Å². The van der Waals surface area contributed by atoms with Gasteiger partial charge in [-0.25, -0.2) is 8.42 Å². The summed E-state index contributed by atoms with van der Waals surface area (Å²) in [6.45, 7) is 1.77. The first kappa shape index (κ1) is 23.0. The molecule has 3 aromatic rings. The Kier molecular flexibility index (Phi) is 7.42. The van der Waals surface area contributed by atoms with Crippen LogP contribution in [-0.4, -0.2) is 44.9 Å². The number of hydrogen-bond donors (Lipinski definition) is 1. The summed E-state index contributed by atoms with van der Waals surface area (Å²) in [5, 5.41) is 2.96. The summed E-state index contributed by atoms with van der Waals surface area (Å²) in [5.74, 6) is 0.0674. The molecule has 0 bridgehead atoms. The van der Waals surface area contributed by atoms with Gasteiger partial charge in [0.15, 0.2) is 0 Å². The number of nitrogens with one attached hydrogen (secondary N) is 1. The molecule has 0 spiro atoms. The number of carbonyl (C=O) groups excluding carboxylic acids is 1. The van der Waals surface area contributed by atoms with E-state index >= 15 is 0 Å². The van der Waals surface area contributed by atoms with Gasteiger partial charge in [-0.2, -0.15) is 4.31 Å². The number of sulfonamides is 1. The number of amides is 1. The fraction of sp³-hybridized carbons (Fsp3) is 0.269. The standard InChI is InChI=1S/C26H28N2O4S/c29-26(25(21-9-3-1-4-10-21)22-11-5-2-6-12-22)27-17-20-32-23-13-15-24(16-14-23)33(30,31)28-18-7-8-19-28/h1-6,9-16,25H,7-8,17-20H2,(H,27,29). The molecular weight excluding hydrogens is 436 g/mol. The van der Waals surface area contributed by atoms with Crippen molar-refractivity contribution >= 4 is 15.9 Å². The Morgan fingerprint density at radius 1 is 0.848 bits per heavy atom. The van der Waals surface area contributed by atoms with Gasteiger partial charge in [-0.3, -0.25) is 4.79 Å². The predicted octanol–water partition coefficient (Wildman–Crippen LogP) is 3.80. The van der Waals surface area contributed by atoms with Crippen LogP contribution in [0.4, 0.5) is 0 Å². The molecule has 1 fully saturated rings. The zero-order valence-corrected chi connectivity index (χ0v) is 19.2. The SMILES string of the molecule is O=C(NCCOc1ccc(S(=O)(=O)N2CCCC2)cc1)C(c1ccccc1)c1ccccc1. The monoisotopic (exact) mass is 464 g/mol. The van der Waals surface area contributed by atoms with Gasteiger partial charge in [0.05, 0.1) is 17.4 Å². The second-order valence-electron chi connectivity index (χ2n) is 7.98. The third-order valence-corrected chi connectivity index (χ3v) is 7.64. The third kappa shape index (κ3) is 5.61. The molecule has 0 atom stereocenters. The lowest BCUT2D eigenvalue weighted by Crippen LogP contribution is -2.33. The fourth-order valence-electron chi connectivity index (χ4n) is 4.02. The van der Waals surface area contributed by atoms with Gasteiger partial charge in [-0.05, 0) is 48.2 Å². The fourth-order valence-corrected chi connectivity index (χ4v) is 5.53. The molecule has 0 radical (unpaired) electrons. The lowest BCUT2D eigenvalue weighted by Gasteiger charge is -2.18. The Morgan fingerprint density at radius 2 is 1.39 bits per heavy atom. The maximum atomic E-state index is 13.0. The van der Waals surface area contributed by atoms with E-state index in [0.717, 1.165) is 24.0 Å². The van der Waals surface area contributed by atoms with Crippen molar-refractivity contribution in [3.63, 3.8) is 0 Å². The first-order valence-corrected chi connectivity index (χ1v) is 12.6. The van der Waals surface area contributed by atoms with Crippen molar-refractivity contribution in [1.82, 2.24) is 9.62 Å². The number of carbonyl (C=O) groups is 1. The molecule has 1 aliphatic rings. The Hall–Kier alpha value is -3.16. The van der Waals surface area contributed by atoms with E-state index in [1.807, 2.05) is 60.7 Å². The van der Waals surface area contributed by atoms with Crippen molar-refractivity contribution in [2.24, 2.45) is 0 Å². The van der Waals surface area contributed by atoms with E-state index in [2.05, 4.69) is 5.32 Å². The van der Waals surface area contributed by atoms with Crippen molar-refractivity contribution in [1.29, 1.82) is 0 Å². The van der Waals surface area contributed by atoms with Crippen LogP contribution >= 0.6 is 0 Å². The van der Waals surface area contributed by atoms with Crippen molar-refractivity contribution in [2.75, 3.05) is 26.2 Å². The van der Waals surface area contributed by atoms with Crippen LogP contribution in [0.3, 0.4) is 0 Å². The van der Waals surface area contributed by atoms with E-state index < -0.39 is 15.9 Å². The van der Waals surface area contributed by atoms with E-state index in [9.17, 15) is 13.2 Å². The van der Waals surface area contributed by atoms with Gasteiger partial charge in [-0.15, -0.1) is 0 Å². The summed E-state index contributed by atoms with van der Waals surface area (Å²) in [5.41, 5.74) is 1.86. The molecule has 0 aromatic heterocycles. The largest absolute Gasteiger partial charge is 0.492 e. The molecule has 1 amide bonds. The summed E-state index contributed by atoms with van der Waals surface area (Å²) >= 11 is 0. The zero-order valence-electron chi connectivity index (χ0n) is 18.4. The number of benzene rings is 3. The molecule has 33 heavy (non-hydrogen) atoms. The van der Waals surface area contributed by atoms with Gasteiger partial charge in [0.1, 0.15) is 12.4 Å². The number of rotatable bonds is 9. The number of nitrogens with zero attached hydrogens (tertiary/aromatic N) is 1. The first-order chi connectivity index (χ1) is 16.1. The van der Waals surface area contributed by atoms with E-state index in [4.69, 9.17) is 4.74 Å². The quantitative estimate of drug-likeness (QED) is 0.489. The van der Waals surface area contributed by atoms with Gasteiger partial charge < -0.3 is 10.1 Å². The molecular formula is C26H28N2O4S. The van der Waals surface area contributed by atoms with Crippen molar-refractivity contribution in [3.8, 4) is 5.75 Å². The number of hydrogen-bond acceptors (Lipinski definition) is 4. The van der Waals surface area contributed by atoms with Crippen LogP contribution in [0, 0.1) is 0 Å². The average molecular weight is 465 g/mol. The molecule has 172 valence electrons. The minimum absolute atomic E-state index is 0.0944. The topological polar surface area (TPSA) is 75.7 Å². The van der Waals surface area contributed by atoms with Gasteiger partial charge in [0.2, 0.25) is 15.9 Å². The second-order valence-corrected chi connectivity index (χ2v) is 9.91. The lowest BCUT2D eigenvalue weighted by molar-refractivity contribution is -0.121. The predicted molar refractivity (Wildman–Crippen MR) is 128 cm³/mol. The minimum Gasteiger partial charge on any atom is -0.492 e. The molecule has 3 aromatic carbocycles. The molecule has 4 rings (SSSR count). The zero-order chi connectivity index (χ0) is 23.1. The van der Waals surface area contributed by atoms with Crippen molar-refractivity contribution < 1.29 is 17.9 Å². The second kappa shape index (κ2) is 10.6. The van der Waals surface area contributed by atoms with E-state index in [0.29, 0.717) is 25.4 Å².